The first kappa shape index (κ1) is 13.8. The van der Waals surface area contributed by atoms with E-state index in [4.69, 9.17) is 4.84 Å². The van der Waals surface area contributed by atoms with Crippen molar-refractivity contribution < 1.29 is 9.63 Å². The van der Waals surface area contributed by atoms with Gasteiger partial charge in [-0.25, -0.2) is 0 Å². The number of rotatable bonds is 5. The smallest absolute Gasteiger partial charge is 0.265 e. The van der Waals surface area contributed by atoms with Gasteiger partial charge in [0.2, 0.25) is 0 Å². The zero-order valence-electron chi connectivity index (χ0n) is 9.88. The van der Waals surface area contributed by atoms with Crippen LogP contribution in [-0.4, -0.2) is 18.7 Å². The molecule has 1 N–H and O–H groups in total. The summed E-state index contributed by atoms with van der Waals surface area (Å²) in [5.41, 5.74) is 0.721. The van der Waals surface area contributed by atoms with Crippen LogP contribution >= 0.6 is 27.3 Å². The van der Waals surface area contributed by atoms with Crippen molar-refractivity contribution in [3.8, 4) is 0 Å². The number of nitrogens with zero attached hydrogens (tertiary/aromatic N) is 1. The Bertz CT molecular complexity index is 553. The van der Waals surface area contributed by atoms with E-state index in [0.717, 1.165) is 15.0 Å². The summed E-state index contributed by atoms with van der Waals surface area (Å²) < 4.78 is 0.960. The highest BCUT2D eigenvalue weighted by Crippen LogP contribution is 2.13. The van der Waals surface area contributed by atoms with Gasteiger partial charge in [-0.2, -0.15) is 0 Å². The summed E-state index contributed by atoms with van der Waals surface area (Å²) >= 11 is 4.88. The molecule has 0 fully saturated rings. The molecule has 4 nitrogen and oxygen atoms in total. The number of halogens is 1. The maximum atomic E-state index is 11.5. The monoisotopic (exact) mass is 338 g/mol. The normalized spacial score (nSPS) is 10.6. The fraction of sp³-hybridized carbons (Fsp3) is 0.0769. The summed E-state index contributed by atoms with van der Waals surface area (Å²) in [5, 5.41) is 8.38. The van der Waals surface area contributed by atoms with Crippen LogP contribution in [0.1, 0.15) is 4.88 Å². The van der Waals surface area contributed by atoms with Gasteiger partial charge in [0.1, 0.15) is 0 Å². The van der Waals surface area contributed by atoms with Crippen LogP contribution in [0.3, 0.4) is 0 Å². The largest absolute Gasteiger partial charge is 0.386 e. The van der Waals surface area contributed by atoms with E-state index in [-0.39, 0.29) is 12.5 Å². The summed E-state index contributed by atoms with van der Waals surface area (Å²) in [6, 6.07) is 11.1. The van der Waals surface area contributed by atoms with Gasteiger partial charge in [-0.15, -0.1) is 11.3 Å². The topological polar surface area (TPSA) is 50.7 Å². The third-order valence-corrected chi connectivity index (χ3v) is 3.46. The first-order valence-corrected chi connectivity index (χ1v) is 7.15. The molecule has 0 atom stereocenters. The summed E-state index contributed by atoms with van der Waals surface area (Å²) in [7, 11) is 0. The summed E-state index contributed by atoms with van der Waals surface area (Å²) in [6.45, 7) is -0.113. The molecule has 1 aromatic heterocycles. The number of nitrogens with one attached hydrogen (secondary N) is 1. The third-order valence-electron chi connectivity index (χ3n) is 2.12. The molecule has 2 rings (SSSR count). The number of oxime groups is 1. The van der Waals surface area contributed by atoms with E-state index in [9.17, 15) is 4.79 Å². The van der Waals surface area contributed by atoms with Crippen molar-refractivity contribution in [1.29, 1.82) is 0 Å². The van der Waals surface area contributed by atoms with Crippen molar-refractivity contribution >= 4 is 45.1 Å². The van der Waals surface area contributed by atoms with Crippen molar-refractivity contribution in [1.82, 2.24) is 0 Å². The molecular weight excluding hydrogens is 328 g/mol. The minimum atomic E-state index is -0.245. The SMILES string of the molecule is O=C(CO/N=C/c1cccs1)Nc1ccc(Br)cc1. The summed E-state index contributed by atoms with van der Waals surface area (Å²) in [5.74, 6) is -0.245. The van der Waals surface area contributed by atoms with Gasteiger partial charge in [0, 0.05) is 15.0 Å². The molecule has 0 spiro atoms. The van der Waals surface area contributed by atoms with Crippen LogP contribution in [0.4, 0.5) is 5.69 Å². The molecule has 6 heteroatoms. The minimum absolute atomic E-state index is 0.113. The van der Waals surface area contributed by atoms with Gasteiger partial charge in [-0.3, -0.25) is 4.79 Å². The maximum Gasteiger partial charge on any atom is 0.265 e. The lowest BCUT2D eigenvalue weighted by Crippen LogP contribution is -2.16. The highest BCUT2D eigenvalue weighted by molar-refractivity contribution is 9.10. The van der Waals surface area contributed by atoms with Crippen LogP contribution in [0, 0.1) is 0 Å². The van der Waals surface area contributed by atoms with E-state index in [0.29, 0.717) is 0 Å². The molecule has 0 aliphatic rings. The predicted octanol–water partition coefficient (Wildman–Crippen LogP) is 3.50. The maximum absolute atomic E-state index is 11.5. The van der Waals surface area contributed by atoms with Crippen LogP contribution in [0.15, 0.2) is 51.4 Å². The zero-order chi connectivity index (χ0) is 13.5. The molecule has 0 radical (unpaired) electrons. The minimum Gasteiger partial charge on any atom is -0.386 e. The molecule has 19 heavy (non-hydrogen) atoms. The fourth-order valence-electron chi connectivity index (χ4n) is 1.28. The highest BCUT2D eigenvalue weighted by atomic mass is 79.9. The van der Waals surface area contributed by atoms with Gasteiger partial charge >= 0.3 is 0 Å². The quantitative estimate of drug-likeness (QED) is 0.670. The Balaban J connectivity index is 1.74. The average Bonchev–Trinajstić information content (AvgIpc) is 2.91. The molecule has 1 amide bonds. The molecule has 1 heterocycles. The molecule has 0 aliphatic heterocycles. The molecule has 0 saturated carbocycles. The Hall–Kier alpha value is -1.66. The molecule has 98 valence electrons. The lowest BCUT2D eigenvalue weighted by molar-refractivity contribution is -0.120. The lowest BCUT2D eigenvalue weighted by Gasteiger charge is -2.03. The molecule has 1 aromatic carbocycles. The van der Waals surface area contributed by atoms with E-state index >= 15 is 0 Å². The number of carbonyl (C=O) groups excluding carboxylic acids is 1. The van der Waals surface area contributed by atoms with Crippen molar-refractivity contribution in [3.63, 3.8) is 0 Å². The number of carbonyl (C=O) groups is 1. The van der Waals surface area contributed by atoms with Gasteiger partial charge in [-0.1, -0.05) is 27.2 Å². The number of anilines is 1. The Morgan fingerprint density at radius 1 is 1.37 bits per heavy atom. The third kappa shape index (κ3) is 4.84. The average molecular weight is 339 g/mol. The molecule has 0 saturated heterocycles. The van der Waals surface area contributed by atoms with Gasteiger partial charge in [0.15, 0.2) is 6.61 Å². The van der Waals surface area contributed by atoms with Crippen molar-refractivity contribution in [3.05, 3.63) is 51.1 Å². The summed E-state index contributed by atoms with van der Waals surface area (Å²) in [6.07, 6.45) is 1.58. The van der Waals surface area contributed by atoms with Crippen molar-refractivity contribution in [2.24, 2.45) is 5.16 Å². The fourth-order valence-corrected chi connectivity index (χ4v) is 2.12. The first-order chi connectivity index (χ1) is 9.24. The van der Waals surface area contributed by atoms with E-state index in [1.165, 1.54) is 0 Å². The van der Waals surface area contributed by atoms with E-state index in [1.54, 1.807) is 29.7 Å². The Morgan fingerprint density at radius 3 is 2.84 bits per heavy atom. The molecule has 0 unspecified atom stereocenters. The molecular formula is C13H11BrN2O2S. The van der Waals surface area contributed by atoms with Gasteiger partial charge in [-0.05, 0) is 35.7 Å². The lowest BCUT2D eigenvalue weighted by atomic mass is 10.3. The highest BCUT2D eigenvalue weighted by Gasteiger charge is 2.02. The summed E-state index contributed by atoms with van der Waals surface area (Å²) in [4.78, 5) is 17.4. The van der Waals surface area contributed by atoms with Crippen LogP contribution in [0.2, 0.25) is 0 Å². The number of hydrogen-bond acceptors (Lipinski definition) is 4. The molecule has 2 aromatic rings. The second-order valence-electron chi connectivity index (χ2n) is 3.58. The molecule has 0 bridgehead atoms. The van der Waals surface area contributed by atoms with E-state index in [1.807, 2.05) is 29.6 Å². The van der Waals surface area contributed by atoms with Crippen LogP contribution < -0.4 is 5.32 Å². The van der Waals surface area contributed by atoms with Gasteiger partial charge in [0.05, 0.1) is 6.21 Å². The number of amides is 1. The van der Waals surface area contributed by atoms with Crippen LogP contribution in [-0.2, 0) is 9.63 Å². The number of hydrogen-bond donors (Lipinski definition) is 1. The first-order valence-electron chi connectivity index (χ1n) is 5.48. The van der Waals surface area contributed by atoms with Crippen molar-refractivity contribution in [2.45, 2.75) is 0 Å². The van der Waals surface area contributed by atoms with E-state index in [2.05, 4.69) is 26.4 Å². The van der Waals surface area contributed by atoms with Crippen LogP contribution in [0.25, 0.3) is 0 Å². The second kappa shape index (κ2) is 7.06. The van der Waals surface area contributed by atoms with Crippen LogP contribution in [0.5, 0.6) is 0 Å². The molecule has 0 aliphatic carbocycles. The number of thiophene rings is 1. The van der Waals surface area contributed by atoms with E-state index < -0.39 is 0 Å². The zero-order valence-corrected chi connectivity index (χ0v) is 12.3. The Morgan fingerprint density at radius 2 is 2.16 bits per heavy atom. The van der Waals surface area contributed by atoms with Gasteiger partial charge in [0.25, 0.3) is 5.91 Å². The Kier molecular flexibility index (Phi) is 5.11. The predicted molar refractivity (Wildman–Crippen MR) is 80.6 cm³/mol. The van der Waals surface area contributed by atoms with Gasteiger partial charge < -0.3 is 10.2 Å². The number of benzene rings is 1. The van der Waals surface area contributed by atoms with Crippen molar-refractivity contribution in [2.75, 3.05) is 11.9 Å². The standard InChI is InChI=1S/C13H11BrN2O2S/c14-10-3-5-11(6-4-10)16-13(17)9-18-15-8-12-2-1-7-19-12/h1-8H,9H2,(H,16,17)/b15-8+. The second-order valence-corrected chi connectivity index (χ2v) is 5.47. The Labute approximate surface area is 123 Å².